The number of methoxy groups -OCH3 is 1. The number of carbonyl (C=O) groups is 1. The molecule has 1 aliphatic heterocycles. The molecule has 1 saturated heterocycles. The van der Waals surface area contributed by atoms with Crippen LogP contribution in [0, 0.1) is 0 Å². The fourth-order valence-electron chi connectivity index (χ4n) is 3.28. The summed E-state index contributed by atoms with van der Waals surface area (Å²) >= 11 is 7.41. The molecule has 0 spiro atoms. The Morgan fingerprint density at radius 2 is 1.91 bits per heavy atom. The Balaban J connectivity index is 0.00000289. The lowest BCUT2D eigenvalue weighted by Crippen LogP contribution is -2.44. The van der Waals surface area contributed by atoms with Crippen LogP contribution in [0.15, 0.2) is 42.5 Å². The third kappa shape index (κ3) is 6.24. The van der Waals surface area contributed by atoms with Gasteiger partial charge >= 0.3 is 0 Å². The number of amides is 1. The first-order valence-corrected chi connectivity index (χ1v) is 11.3. The van der Waals surface area contributed by atoms with Crippen LogP contribution in [0.4, 0.5) is 5.13 Å². The molecule has 0 unspecified atom stereocenters. The van der Waals surface area contributed by atoms with Gasteiger partial charge in [0, 0.05) is 37.3 Å². The maximum absolute atomic E-state index is 13.1. The topological polar surface area (TPSA) is 64.1 Å². The molecule has 10 heteroatoms. The second kappa shape index (κ2) is 11.7. The van der Waals surface area contributed by atoms with E-state index in [-0.39, 0.29) is 24.9 Å². The predicted octanol–water partition coefficient (Wildman–Crippen LogP) is 4.12. The highest BCUT2D eigenvalue weighted by atomic mass is 35.5. The second-order valence-corrected chi connectivity index (χ2v) is 8.52. The van der Waals surface area contributed by atoms with Gasteiger partial charge in [0.05, 0.1) is 30.5 Å². The van der Waals surface area contributed by atoms with Crippen LogP contribution in [-0.4, -0.2) is 68.9 Å². The first-order valence-electron chi connectivity index (χ1n) is 10.1. The van der Waals surface area contributed by atoms with Crippen molar-refractivity contribution in [3.8, 4) is 11.5 Å². The Labute approximate surface area is 202 Å². The summed E-state index contributed by atoms with van der Waals surface area (Å²) in [6, 6.07) is 12.7. The quantitative estimate of drug-likeness (QED) is 0.466. The number of rotatable bonds is 8. The predicted molar refractivity (Wildman–Crippen MR) is 130 cm³/mol. The Morgan fingerprint density at radius 1 is 1.19 bits per heavy atom. The zero-order valence-corrected chi connectivity index (χ0v) is 20.0. The number of halogens is 2. The van der Waals surface area contributed by atoms with Crippen LogP contribution in [-0.2, 0) is 9.53 Å². The molecule has 7 nitrogen and oxygen atoms in total. The maximum atomic E-state index is 13.1. The minimum absolute atomic E-state index is 0. The summed E-state index contributed by atoms with van der Waals surface area (Å²) in [7, 11) is 1.63. The highest BCUT2D eigenvalue weighted by Gasteiger charge is 2.22. The van der Waals surface area contributed by atoms with Gasteiger partial charge in [0.1, 0.15) is 11.5 Å². The summed E-state index contributed by atoms with van der Waals surface area (Å²) in [6.07, 6.45) is 0. The van der Waals surface area contributed by atoms with E-state index in [0.29, 0.717) is 35.7 Å². The van der Waals surface area contributed by atoms with Crippen LogP contribution in [0.2, 0.25) is 5.02 Å². The Bertz CT molecular complexity index is 1030. The van der Waals surface area contributed by atoms with E-state index < -0.39 is 0 Å². The number of anilines is 1. The van der Waals surface area contributed by atoms with Gasteiger partial charge in [0.2, 0.25) is 0 Å². The van der Waals surface area contributed by atoms with Gasteiger partial charge in [-0.15, -0.1) is 12.4 Å². The highest BCUT2D eigenvalue weighted by Crippen LogP contribution is 2.31. The number of hydrogen-bond donors (Lipinski definition) is 0. The molecule has 1 aromatic heterocycles. The van der Waals surface area contributed by atoms with Crippen molar-refractivity contribution in [1.29, 1.82) is 0 Å². The van der Waals surface area contributed by atoms with E-state index >= 15 is 0 Å². The van der Waals surface area contributed by atoms with E-state index in [1.165, 1.54) is 11.3 Å². The van der Waals surface area contributed by atoms with Gasteiger partial charge in [-0.1, -0.05) is 22.9 Å². The average Bonchev–Trinajstić information content (AvgIpc) is 3.22. The summed E-state index contributed by atoms with van der Waals surface area (Å²) in [6.45, 7) is 4.35. The first-order chi connectivity index (χ1) is 15.1. The van der Waals surface area contributed by atoms with Crippen molar-refractivity contribution in [2.45, 2.75) is 0 Å². The Hall–Kier alpha value is -2.10. The van der Waals surface area contributed by atoms with Crippen molar-refractivity contribution in [3.05, 3.63) is 47.5 Å². The van der Waals surface area contributed by atoms with Crippen molar-refractivity contribution in [2.24, 2.45) is 0 Å². The molecule has 0 saturated carbocycles. The fourth-order valence-corrected chi connectivity index (χ4v) is 4.40. The minimum atomic E-state index is -0.144. The fraction of sp³-hybridized carbons (Fsp3) is 0.364. The van der Waals surface area contributed by atoms with Crippen LogP contribution >= 0.6 is 35.3 Å². The smallest absolute Gasteiger partial charge is 0.266 e. The van der Waals surface area contributed by atoms with Gasteiger partial charge < -0.3 is 14.2 Å². The highest BCUT2D eigenvalue weighted by molar-refractivity contribution is 7.22. The number of morpholine rings is 1. The first kappa shape index (κ1) is 24.5. The molecule has 1 aliphatic rings. The number of carbonyl (C=O) groups excluding carboxylic acids is 1. The lowest BCUT2D eigenvalue weighted by Gasteiger charge is -2.29. The van der Waals surface area contributed by atoms with Gasteiger partial charge in [-0.2, -0.15) is 0 Å². The second-order valence-electron chi connectivity index (χ2n) is 7.07. The molecular formula is C22H25Cl2N3O4S. The zero-order valence-electron chi connectivity index (χ0n) is 17.7. The van der Waals surface area contributed by atoms with Crippen LogP contribution in [0.1, 0.15) is 0 Å². The third-order valence-corrected chi connectivity index (χ3v) is 6.35. The van der Waals surface area contributed by atoms with Crippen molar-refractivity contribution >= 4 is 56.6 Å². The minimum Gasteiger partial charge on any atom is -0.497 e. The molecule has 3 aromatic rings. The summed E-state index contributed by atoms with van der Waals surface area (Å²) in [5.41, 5.74) is 0.808. The molecule has 1 fully saturated rings. The number of fused-ring (bicyclic) bond motifs is 1. The molecule has 0 aliphatic carbocycles. The summed E-state index contributed by atoms with van der Waals surface area (Å²) in [5, 5.41) is 1.27. The van der Waals surface area contributed by atoms with Crippen molar-refractivity contribution < 1.29 is 19.0 Å². The number of hydrogen-bond acceptors (Lipinski definition) is 7. The standard InChI is InChI=1S/C22H24ClN3O4S.ClH/c1-28-18-6-7-20-19(14-18)24-22(31-20)26(9-8-25-10-12-29-13-11-25)21(27)15-30-17-4-2-16(23)3-5-17;/h2-7,14H,8-13,15H2,1H3;1H. The maximum Gasteiger partial charge on any atom is 0.266 e. The molecule has 2 heterocycles. The van der Waals surface area contributed by atoms with Gasteiger partial charge in [0.25, 0.3) is 5.91 Å². The van der Waals surface area contributed by atoms with Gasteiger partial charge in [-0.3, -0.25) is 14.6 Å². The molecule has 2 aromatic carbocycles. The van der Waals surface area contributed by atoms with E-state index in [1.54, 1.807) is 36.3 Å². The molecule has 4 rings (SSSR count). The van der Waals surface area contributed by atoms with Crippen LogP contribution in [0.3, 0.4) is 0 Å². The number of benzene rings is 2. The van der Waals surface area contributed by atoms with Crippen molar-refractivity contribution in [1.82, 2.24) is 9.88 Å². The van der Waals surface area contributed by atoms with E-state index in [0.717, 1.165) is 35.6 Å². The number of thiazole rings is 1. The summed E-state index contributed by atoms with van der Waals surface area (Å²) in [5.74, 6) is 1.19. The number of aromatic nitrogens is 1. The van der Waals surface area contributed by atoms with Gasteiger partial charge in [-0.05, 0) is 36.4 Å². The van der Waals surface area contributed by atoms with Crippen molar-refractivity contribution in [2.75, 3.05) is 58.0 Å². The molecule has 172 valence electrons. The normalized spacial score (nSPS) is 14.1. The Kier molecular flexibility index (Phi) is 8.95. The van der Waals surface area contributed by atoms with Gasteiger partial charge in [0.15, 0.2) is 11.7 Å². The molecule has 1 amide bonds. The van der Waals surface area contributed by atoms with Gasteiger partial charge in [-0.25, -0.2) is 4.98 Å². The monoisotopic (exact) mass is 497 g/mol. The largest absolute Gasteiger partial charge is 0.497 e. The zero-order chi connectivity index (χ0) is 21.6. The Morgan fingerprint density at radius 3 is 2.62 bits per heavy atom. The molecular weight excluding hydrogens is 473 g/mol. The average molecular weight is 498 g/mol. The number of ether oxygens (including phenoxy) is 3. The SMILES string of the molecule is COc1ccc2sc(N(CCN3CCOCC3)C(=O)COc3ccc(Cl)cc3)nc2c1.Cl. The number of nitrogens with zero attached hydrogens (tertiary/aromatic N) is 3. The van der Waals surface area contributed by atoms with Crippen molar-refractivity contribution in [3.63, 3.8) is 0 Å². The lowest BCUT2D eigenvalue weighted by molar-refractivity contribution is -0.120. The van der Waals surface area contributed by atoms with Crippen LogP contribution in [0.25, 0.3) is 10.2 Å². The molecule has 0 radical (unpaired) electrons. The summed E-state index contributed by atoms with van der Waals surface area (Å²) < 4.78 is 17.4. The third-order valence-electron chi connectivity index (χ3n) is 5.03. The van der Waals surface area contributed by atoms with Crippen LogP contribution < -0.4 is 14.4 Å². The molecule has 32 heavy (non-hydrogen) atoms. The molecule has 0 bridgehead atoms. The molecule has 0 N–H and O–H groups in total. The van der Waals surface area contributed by atoms with E-state index in [9.17, 15) is 4.79 Å². The molecule has 0 atom stereocenters. The summed E-state index contributed by atoms with van der Waals surface area (Å²) in [4.78, 5) is 21.8. The van der Waals surface area contributed by atoms with E-state index in [4.69, 9.17) is 30.8 Å². The lowest BCUT2D eigenvalue weighted by atomic mass is 10.3. The van der Waals surface area contributed by atoms with Crippen LogP contribution in [0.5, 0.6) is 11.5 Å². The van der Waals surface area contributed by atoms with E-state index in [1.807, 2.05) is 18.2 Å². The van der Waals surface area contributed by atoms with E-state index in [2.05, 4.69) is 4.90 Å².